The van der Waals surface area contributed by atoms with Crippen molar-refractivity contribution < 1.29 is 14.3 Å². The van der Waals surface area contributed by atoms with E-state index in [9.17, 15) is 4.79 Å². The van der Waals surface area contributed by atoms with E-state index in [2.05, 4.69) is 11.9 Å². The predicted octanol–water partition coefficient (Wildman–Crippen LogP) is 2.98. The SMILES string of the molecule is CCOC(=O)COc1ccc(N(C)C2CCCCC2)c(N)c1. The molecule has 0 aliphatic heterocycles. The van der Waals surface area contributed by atoms with Crippen molar-refractivity contribution in [1.29, 1.82) is 0 Å². The zero-order chi connectivity index (χ0) is 15.9. The molecule has 0 unspecified atom stereocenters. The fraction of sp³-hybridized carbons (Fsp3) is 0.588. The van der Waals surface area contributed by atoms with Gasteiger partial charge in [-0.15, -0.1) is 0 Å². The highest BCUT2D eigenvalue weighted by Crippen LogP contribution is 2.32. The lowest BCUT2D eigenvalue weighted by Gasteiger charge is -2.33. The lowest BCUT2D eigenvalue weighted by Crippen LogP contribution is -2.33. The summed E-state index contributed by atoms with van der Waals surface area (Å²) in [6.07, 6.45) is 6.35. The van der Waals surface area contributed by atoms with Crippen molar-refractivity contribution in [2.24, 2.45) is 0 Å². The molecule has 0 aromatic heterocycles. The van der Waals surface area contributed by atoms with Gasteiger partial charge in [-0.3, -0.25) is 0 Å². The van der Waals surface area contributed by atoms with E-state index < -0.39 is 0 Å². The van der Waals surface area contributed by atoms with Crippen molar-refractivity contribution in [2.75, 3.05) is 30.9 Å². The van der Waals surface area contributed by atoms with Crippen molar-refractivity contribution in [2.45, 2.75) is 45.1 Å². The van der Waals surface area contributed by atoms with Gasteiger partial charge in [0, 0.05) is 19.2 Å². The minimum Gasteiger partial charge on any atom is -0.482 e. The third kappa shape index (κ3) is 4.29. The van der Waals surface area contributed by atoms with Gasteiger partial charge in [0.25, 0.3) is 0 Å². The lowest BCUT2D eigenvalue weighted by atomic mass is 9.94. The topological polar surface area (TPSA) is 64.8 Å². The number of esters is 1. The van der Waals surface area contributed by atoms with Crippen LogP contribution in [0.2, 0.25) is 0 Å². The van der Waals surface area contributed by atoms with Gasteiger partial charge in [0.15, 0.2) is 6.61 Å². The number of nitrogen functional groups attached to an aromatic ring is 1. The van der Waals surface area contributed by atoms with Crippen LogP contribution in [0.25, 0.3) is 0 Å². The Labute approximate surface area is 132 Å². The van der Waals surface area contributed by atoms with Crippen LogP contribution in [0.4, 0.5) is 11.4 Å². The van der Waals surface area contributed by atoms with E-state index in [1.807, 2.05) is 12.1 Å². The van der Waals surface area contributed by atoms with E-state index in [4.69, 9.17) is 15.2 Å². The summed E-state index contributed by atoms with van der Waals surface area (Å²) < 4.78 is 10.2. The minimum absolute atomic E-state index is 0.0922. The number of nitrogens with two attached hydrogens (primary N) is 1. The molecule has 2 N–H and O–H groups in total. The number of anilines is 2. The summed E-state index contributed by atoms with van der Waals surface area (Å²) in [5.74, 6) is 0.218. The Hall–Kier alpha value is -1.91. The molecular formula is C17H26N2O3. The molecule has 0 amide bonds. The smallest absolute Gasteiger partial charge is 0.344 e. The first-order chi connectivity index (χ1) is 10.6. The first-order valence-electron chi connectivity index (χ1n) is 8.02. The molecule has 0 bridgehead atoms. The first-order valence-corrected chi connectivity index (χ1v) is 8.02. The average Bonchev–Trinajstić information content (AvgIpc) is 2.53. The van der Waals surface area contributed by atoms with Gasteiger partial charge in [0.05, 0.1) is 18.0 Å². The van der Waals surface area contributed by atoms with E-state index >= 15 is 0 Å². The van der Waals surface area contributed by atoms with E-state index in [0.717, 1.165) is 5.69 Å². The number of hydrogen-bond donors (Lipinski definition) is 1. The highest BCUT2D eigenvalue weighted by atomic mass is 16.6. The number of carbonyl (C=O) groups is 1. The van der Waals surface area contributed by atoms with Crippen molar-refractivity contribution in [3.05, 3.63) is 18.2 Å². The van der Waals surface area contributed by atoms with Crippen LogP contribution >= 0.6 is 0 Å². The largest absolute Gasteiger partial charge is 0.482 e. The Morgan fingerprint density at radius 2 is 2.05 bits per heavy atom. The van der Waals surface area contributed by atoms with Gasteiger partial charge in [0.1, 0.15) is 5.75 Å². The molecule has 5 nitrogen and oxygen atoms in total. The lowest BCUT2D eigenvalue weighted by molar-refractivity contribution is -0.145. The number of hydrogen-bond acceptors (Lipinski definition) is 5. The number of nitrogens with zero attached hydrogens (tertiary/aromatic N) is 1. The standard InChI is InChI=1S/C17H26N2O3/c1-3-21-17(20)12-22-14-9-10-16(15(18)11-14)19(2)13-7-5-4-6-8-13/h9-11,13H,3-8,12,18H2,1-2H3. The van der Waals surface area contributed by atoms with Crippen molar-refractivity contribution in [1.82, 2.24) is 0 Å². The maximum absolute atomic E-state index is 11.3. The Kier molecular flexibility index (Phi) is 5.92. The first kappa shape index (κ1) is 16.5. The quantitative estimate of drug-likeness (QED) is 0.646. The molecule has 122 valence electrons. The average molecular weight is 306 g/mol. The van der Waals surface area contributed by atoms with E-state index in [0.29, 0.717) is 24.1 Å². The zero-order valence-electron chi connectivity index (χ0n) is 13.5. The second-order valence-electron chi connectivity index (χ2n) is 5.72. The summed E-state index contributed by atoms with van der Waals surface area (Å²) in [6.45, 7) is 2.03. The van der Waals surface area contributed by atoms with Crippen molar-refractivity contribution in [3.8, 4) is 5.75 Å². The molecule has 22 heavy (non-hydrogen) atoms. The van der Waals surface area contributed by atoms with Crippen LogP contribution in [0.15, 0.2) is 18.2 Å². The molecule has 1 aliphatic carbocycles. The van der Waals surface area contributed by atoms with Gasteiger partial charge in [0.2, 0.25) is 0 Å². The van der Waals surface area contributed by atoms with Gasteiger partial charge < -0.3 is 20.1 Å². The molecule has 1 aliphatic rings. The van der Waals surface area contributed by atoms with Crippen LogP contribution in [0.3, 0.4) is 0 Å². The summed E-state index contributed by atoms with van der Waals surface area (Å²) >= 11 is 0. The Morgan fingerprint density at radius 1 is 1.32 bits per heavy atom. The second kappa shape index (κ2) is 7.92. The summed E-state index contributed by atoms with van der Waals surface area (Å²) in [6, 6.07) is 6.14. The molecule has 0 spiro atoms. The molecule has 1 fully saturated rings. The maximum Gasteiger partial charge on any atom is 0.344 e. The van der Waals surface area contributed by atoms with Crippen LogP contribution in [0, 0.1) is 0 Å². The summed E-state index contributed by atoms with van der Waals surface area (Å²) in [5.41, 5.74) is 7.86. The van der Waals surface area contributed by atoms with Crippen LogP contribution in [-0.2, 0) is 9.53 Å². The molecule has 1 aromatic carbocycles. The number of benzene rings is 1. The van der Waals surface area contributed by atoms with E-state index in [1.165, 1.54) is 32.1 Å². The Balaban J connectivity index is 1.98. The molecule has 1 saturated carbocycles. The number of carbonyl (C=O) groups excluding carboxylic acids is 1. The molecule has 5 heteroatoms. The maximum atomic E-state index is 11.3. The number of ether oxygens (including phenoxy) is 2. The normalized spacial score (nSPS) is 15.4. The summed E-state index contributed by atoms with van der Waals surface area (Å²) in [5, 5.41) is 0. The molecule has 0 radical (unpaired) electrons. The molecule has 2 rings (SSSR count). The van der Waals surface area contributed by atoms with Crippen LogP contribution in [0.1, 0.15) is 39.0 Å². The zero-order valence-corrected chi connectivity index (χ0v) is 13.5. The molecule has 1 aromatic rings. The fourth-order valence-corrected chi connectivity index (χ4v) is 2.95. The molecular weight excluding hydrogens is 280 g/mol. The fourth-order valence-electron chi connectivity index (χ4n) is 2.95. The second-order valence-corrected chi connectivity index (χ2v) is 5.72. The highest BCUT2D eigenvalue weighted by molar-refractivity contribution is 5.72. The number of rotatable bonds is 6. The summed E-state index contributed by atoms with van der Waals surface area (Å²) in [4.78, 5) is 13.6. The van der Waals surface area contributed by atoms with Crippen molar-refractivity contribution >= 4 is 17.3 Å². The van der Waals surface area contributed by atoms with Gasteiger partial charge in [-0.05, 0) is 31.9 Å². The van der Waals surface area contributed by atoms with Crippen LogP contribution in [-0.4, -0.2) is 32.3 Å². The van der Waals surface area contributed by atoms with E-state index in [1.54, 1.807) is 13.0 Å². The van der Waals surface area contributed by atoms with Gasteiger partial charge >= 0.3 is 5.97 Å². The molecule has 0 saturated heterocycles. The van der Waals surface area contributed by atoms with Crippen LogP contribution in [0.5, 0.6) is 5.75 Å². The monoisotopic (exact) mass is 306 g/mol. The Morgan fingerprint density at radius 3 is 2.68 bits per heavy atom. The van der Waals surface area contributed by atoms with Crippen molar-refractivity contribution in [3.63, 3.8) is 0 Å². The minimum atomic E-state index is -0.371. The Bertz CT molecular complexity index is 499. The van der Waals surface area contributed by atoms with Gasteiger partial charge in [-0.1, -0.05) is 19.3 Å². The van der Waals surface area contributed by atoms with Gasteiger partial charge in [-0.25, -0.2) is 4.79 Å². The third-order valence-corrected chi connectivity index (χ3v) is 4.16. The highest BCUT2D eigenvalue weighted by Gasteiger charge is 2.20. The predicted molar refractivity (Wildman–Crippen MR) is 88.3 cm³/mol. The molecule has 0 atom stereocenters. The third-order valence-electron chi connectivity index (χ3n) is 4.16. The summed E-state index contributed by atoms with van der Waals surface area (Å²) in [7, 11) is 2.10. The van der Waals surface area contributed by atoms with Gasteiger partial charge in [-0.2, -0.15) is 0 Å². The van der Waals surface area contributed by atoms with Crippen LogP contribution < -0.4 is 15.4 Å². The van der Waals surface area contributed by atoms with E-state index in [-0.39, 0.29) is 12.6 Å². The molecule has 0 heterocycles.